The van der Waals surface area contributed by atoms with Crippen molar-refractivity contribution in [2.24, 2.45) is 0 Å². The van der Waals surface area contributed by atoms with Crippen LogP contribution in [-0.2, 0) is 0 Å². The molecule has 21 rings (SSSR count). The van der Waals surface area contributed by atoms with Crippen LogP contribution in [0.2, 0.25) is 0 Å². The molecule has 13 aromatic carbocycles. The highest BCUT2D eigenvalue weighted by Gasteiger charge is 2.16. The SMILES string of the molecule is c1ccc(-c2cc(-c3ccccc3)cc(-c3ccc4ccc(-c5ccc6ccc(-c7ccc(-c8ccnc9c8ccc8cccnc89)cc7)nc6c5)nc4c3)c2)cc1.c1ccc(-c2ccc(-c3ccc4ccc(-c5ccc6ccc(-c7ccc(-c8ccnc9c8ccc8cccnc89)cc7)nc6c5)nc4c3)cc2)cc1. The van der Waals surface area contributed by atoms with E-state index in [2.05, 4.69) is 361 Å². The predicted molar refractivity (Wildman–Crippen MR) is 455 cm³/mol. The highest BCUT2D eigenvalue weighted by atomic mass is 14.8. The molecule has 0 N–H and O–H groups in total. The molecule has 0 bridgehead atoms. The van der Waals surface area contributed by atoms with Gasteiger partial charge in [0.25, 0.3) is 0 Å². The fourth-order valence-corrected chi connectivity index (χ4v) is 15.3. The second kappa shape index (κ2) is 27.9. The fraction of sp³-hybridized carbons (Fsp3) is 0. The average molecular weight is 1400 g/mol. The Morgan fingerprint density at radius 1 is 0.145 bits per heavy atom. The Labute approximate surface area is 634 Å². The monoisotopic (exact) mass is 1400 g/mol. The van der Waals surface area contributed by atoms with E-state index in [1.165, 1.54) is 38.9 Å². The third-order valence-corrected chi connectivity index (χ3v) is 21.1. The highest BCUT2D eigenvalue weighted by molar-refractivity contribution is 6.09. The summed E-state index contributed by atoms with van der Waals surface area (Å²) >= 11 is 0. The van der Waals surface area contributed by atoms with Crippen LogP contribution >= 0.6 is 0 Å². The summed E-state index contributed by atoms with van der Waals surface area (Å²) in [5, 5.41) is 8.75. The lowest BCUT2D eigenvalue weighted by Crippen LogP contribution is -1.90. The Hall–Kier alpha value is -14.9. The van der Waals surface area contributed by atoms with E-state index in [0.29, 0.717) is 0 Å². The van der Waals surface area contributed by atoms with Crippen LogP contribution in [0.5, 0.6) is 0 Å². The number of hydrogen-bond acceptors (Lipinski definition) is 8. The van der Waals surface area contributed by atoms with Crippen LogP contribution in [-0.4, -0.2) is 39.9 Å². The van der Waals surface area contributed by atoms with Crippen LogP contribution in [0, 0.1) is 0 Å². The number of aromatic nitrogens is 8. The lowest BCUT2D eigenvalue weighted by atomic mass is 9.93. The van der Waals surface area contributed by atoms with Crippen LogP contribution < -0.4 is 0 Å². The van der Waals surface area contributed by atoms with Gasteiger partial charge in [-0.15, -0.1) is 0 Å². The van der Waals surface area contributed by atoms with Gasteiger partial charge in [0.15, 0.2) is 0 Å². The first kappa shape index (κ1) is 64.7. The van der Waals surface area contributed by atoms with E-state index < -0.39 is 0 Å². The van der Waals surface area contributed by atoms with Crippen molar-refractivity contribution < 1.29 is 0 Å². The lowest BCUT2D eigenvalue weighted by molar-refractivity contribution is 1.37. The number of pyridine rings is 8. The van der Waals surface area contributed by atoms with Gasteiger partial charge in [-0.2, -0.15) is 0 Å². The summed E-state index contributed by atoms with van der Waals surface area (Å²) in [7, 11) is 0. The molecule has 8 aromatic heterocycles. The van der Waals surface area contributed by atoms with E-state index in [9.17, 15) is 0 Å². The van der Waals surface area contributed by atoms with Gasteiger partial charge in [0.05, 0.1) is 66.9 Å². The number of benzene rings is 13. The first-order valence-corrected chi connectivity index (χ1v) is 37.0. The van der Waals surface area contributed by atoms with Crippen molar-refractivity contribution in [3.63, 3.8) is 0 Å². The molecule has 8 heteroatoms. The first-order chi connectivity index (χ1) is 54.4. The van der Waals surface area contributed by atoms with E-state index in [4.69, 9.17) is 24.9 Å². The summed E-state index contributed by atoms with van der Waals surface area (Å²) in [5.74, 6) is 0. The van der Waals surface area contributed by atoms with Gasteiger partial charge in [0.2, 0.25) is 0 Å². The topological polar surface area (TPSA) is 103 Å². The summed E-state index contributed by atoms with van der Waals surface area (Å²) in [4.78, 5) is 39.2. The Morgan fingerprint density at radius 2 is 0.418 bits per heavy atom. The summed E-state index contributed by atoms with van der Waals surface area (Å²) < 4.78 is 0. The summed E-state index contributed by atoms with van der Waals surface area (Å²) in [6.45, 7) is 0. The van der Waals surface area contributed by atoms with Crippen LogP contribution in [0.1, 0.15) is 0 Å². The number of fused-ring (bicyclic) bond motifs is 10. The number of nitrogens with zero attached hydrogens (tertiary/aromatic N) is 8. The van der Waals surface area contributed by atoms with E-state index in [1.807, 2.05) is 43.0 Å². The zero-order chi connectivity index (χ0) is 72.9. The average Bonchev–Trinajstić information content (AvgIpc) is 0.779. The van der Waals surface area contributed by atoms with Crippen molar-refractivity contribution in [2.45, 2.75) is 0 Å². The molecule has 0 aliphatic heterocycles. The summed E-state index contributed by atoms with van der Waals surface area (Å²) in [6.07, 6.45) is 7.40. The molecule has 512 valence electrons. The summed E-state index contributed by atoms with van der Waals surface area (Å²) in [6, 6.07) is 128. The molecule has 8 heterocycles. The van der Waals surface area contributed by atoms with Crippen molar-refractivity contribution >= 4 is 87.2 Å². The number of hydrogen-bond donors (Lipinski definition) is 0. The van der Waals surface area contributed by atoms with Gasteiger partial charge in [-0.3, -0.25) is 19.9 Å². The van der Waals surface area contributed by atoms with Crippen LogP contribution in [0.15, 0.2) is 389 Å². The molecule has 0 unspecified atom stereocenters. The maximum Gasteiger partial charge on any atom is 0.0970 e. The second-order valence-corrected chi connectivity index (χ2v) is 27.8. The quantitative estimate of drug-likeness (QED) is 0.118. The van der Waals surface area contributed by atoms with Gasteiger partial charge in [0.1, 0.15) is 0 Å². The Kier molecular flexibility index (Phi) is 16.4. The lowest BCUT2D eigenvalue weighted by Gasteiger charge is -2.12. The van der Waals surface area contributed by atoms with E-state index in [-0.39, 0.29) is 0 Å². The van der Waals surface area contributed by atoms with Crippen LogP contribution in [0.25, 0.3) is 210 Å². The highest BCUT2D eigenvalue weighted by Crippen LogP contribution is 2.39. The smallest absolute Gasteiger partial charge is 0.0970 e. The van der Waals surface area contributed by atoms with Crippen molar-refractivity contribution in [3.05, 3.63) is 389 Å². The molecule has 0 aliphatic carbocycles. The molecule has 0 fully saturated rings. The third-order valence-electron chi connectivity index (χ3n) is 21.1. The van der Waals surface area contributed by atoms with Crippen LogP contribution in [0.4, 0.5) is 0 Å². The second-order valence-electron chi connectivity index (χ2n) is 27.8. The molecule has 110 heavy (non-hydrogen) atoms. The fourth-order valence-electron chi connectivity index (χ4n) is 15.3. The standard InChI is InChI=1S/C54H34N4.C48H30N4/c1-3-8-35(9-4-1)44-30-45(36-10-5-2-6-11-36)32-46(31-44)42-19-17-39-23-26-50(58-51(39)33-42)43-20-18-40-22-25-49(57-52(40)34-43)38-15-13-37(14-16-38)47-27-29-56-54-48(47)24-21-41-12-7-28-55-53(41)54;1-2-5-31(6-3-1)32-8-10-33(11-9-32)39-18-16-36-22-25-44(52-45(36)29-39)40-19-17-37-21-24-43(51-46(37)30-40)35-14-12-34(13-15-35)41-26-28-50-48-42(41)23-20-38-7-4-27-49-47(38)48/h1-34H;1-30H. The van der Waals surface area contributed by atoms with Gasteiger partial charge in [-0.25, -0.2) is 19.9 Å². The molecule has 0 amide bonds. The largest absolute Gasteiger partial charge is 0.254 e. The molecule has 8 nitrogen and oxygen atoms in total. The Balaban J connectivity index is 0.000000145. The molecule has 0 atom stereocenters. The van der Waals surface area contributed by atoms with Gasteiger partial charge >= 0.3 is 0 Å². The van der Waals surface area contributed by atoms with Crippen molar-refractivity contribution in [3.8, 4) is 123 Å². The van der Waals surface area contributed by atoms with E-state index >= 15 is 0 Å². The molecule has 0 saturated heterocycles. The Bertz CT molecular complexity index is 7060. The number of rotatable bonds is 11. The normalized spacial score (nSPS) is 11.5. The third kappa shape index (κ3) is 12.5. The maximum absolute atomic E-state index is 5.22. The van der Waals surface area contributed by atoms with E-state index in [1.54, 1.807) is 0 Å². The molecular weight excluding hydrogens is 1340 g/mol. The van der Waals surface area contributed by atoms with Crippen LogP contribution in [0.3, 0.4) is 0 Å². The maximum atomic E-state index is 5.22. The molecule has 0 aliphatic rings. The van der Waals surface area contributed by atoms with Gasteiger partial charge < -0.3 is 0 Å². The molecule has 0 spiro atoms. The minimum atomic E-state index is 0.915. The van der Waals surface area contributed by atoms with Gasteiger partial charge in [-0.05, 0) is 169 Å². The minimum absolute atomic E-state index is 0.915. The zero-order valence-electron chi connectivity index (χ0n) is 59.5. The molecule has 21 aromatic rings. The molecular formula is C102H64N8. The van der Waals surface area contributed by atoms with E-state index in [0.717, 1.165) is 171 Å². The predicted octanol–water partition coefficient (Wildman–Crippen LogP) is 26.1. The molecule has 0 saturated carbocycles. The first-order valence-electron chi connectivity index (χ1n) is 37.0. The summed E-state index contributed by atoms with van der Waals surface area (Å²) in [5.41, 5.74) is 31.7. The van der Waals surface area contributed by atoms with Crippen molar-refractivity contribution in [1.82, 2.24) is 39.9 Å². The van der Waals surface area contributed by atoms with Crippen molar-refractivity contribution in [2.75, 3.05) is 0 Å². The van der Waals surface area contributed by atoms with Crippen molar-refractivity contribution in [1.29, 1.82) is 0 Å². The zero-order valence-corrected chi connectivity index (χ0v) is 59.5. The molecule has 0 radical (unpaired) electrons. The Morgan fingerprint density at radius 3 is 0.818 bits per heavy atom. The van der Waals surface area contributed by atoms with Gasteiger partial charge in [0, 0.05) is 90.1 Å². The van der Waals surface area contributed by atoms with Gasteiger partial charge in [-0.1, -0.05) is 273 Å². The minimum Gasteiger partial charge on any atom is -0.254 e.